The van der Waals surface area contributed by atoms with Gasteiger partial charge in [-0.2, -0.15) is 0 Å². The van der Waals surface area contributed by atoms with Crippen LogP contribution in [-0.2, 0) is 6.42 Å². The third-order valence-corrected chi connectivity index (χ3v) is 9.17. The number of para-hydroxylation sites is 1. The van der Waals surface area contributed by atoms with Gasteiger partial charge in [0.15, 0.2) is 0 Å². The zero-order valence-electron chi connectivity index (χ0n) is 26.3. The minimum Gasteiger partial charge on any atom is -0.341 e. The van der Waals surface area contributed by atoms with Gasteiger partial charge >= 0.3 is 0 Å². The fourth-order valence-corrected chi connectivity index (χ4v) is 6.88. The Labute approximate surface area is 274 Å². The summed E-state index contributed by atoms with van der Waals surface area (Å²) in [6.45, 7) is 3.82. The number of fused-ring (bicyclic) bond motifs is 2. The second-order valence-electron chi connectivity index (χ2n) is 12.0. The predicted octanol–water partition coefficient (Wildman–Crippen LogP) is 11.2. The molecule has 0 radical (unpaired) electrons. The van der Waals surface area contributed by atoms with E-state index in [2.05, 4.69) is 168 Å². The molecular formula is C44H40N2. The van der Waals surface area contributed by atoms with Crippen molar-refractivity contribution in [3.05, 3.63) is 199 Å². The summed E-state index contributed by atoms with van der Waals surface area (Å²) in [5.74, 6) is 0.422. The summed E-state index contributed by atoms with van der Waals surface area (Å²) in [7, 11) is 0. The highest BCUT2D eigenvalue weighted by molar-refractivity contribution is 5.79. The van der Waals surface area contributed by atoms with Gasteiger partial charge in [0, 0.05) is 34.9 Å². The summed E-state index contributed by atoms with van der Waals surface area (Å²) in [6.07, 6.45) is 39.4. The van der Waals surface area contributed by atoms with Gasteiger partial charge in [0.25, 0.3) is 0 Å². The minimum atomic E-state index is 0.236. The van der Waals surface area contributed by atoms with Crippen molar-refractivity contribution < 1.29 is 0 Å². The summed E-state index contributed by atoms with van der Waals surface area (Å²) in [5.41, 5.74) is 11.5. The molecule has 46 heavy (non-hydrogen) atoms. The molecule has 4 aliphatic carbocycles. The van der Waals surface area contributed by atoms with Crippen LogP contribution in [0.15, 0.2) is 182 Å². The van der Waals surface area contributed by atoms with Crippen LogP contribution in [0.3, 0.4) is 0 Å². The number of hydrogen-bond donors (Lipinski definition) is 0. The first-order chi connectivity index (χ1) is 22.8. The summed E-state index contributed by atoms with van der Waals surface area (Å²) >= 11 is 0. The molecule has 3 aromatic rings. The summed E-state index contributed by atoms with van der Waals surface area (Å²) in [6, 6.07) is 26.7. The third kappa shape index (κ3) is 6.12. The maximum Gasteiger partial charge on any atom is 0.0554 e. The summed E-state index contributed by atoms with van der Waals surface area (Å²) in [4.78, 5) is 4.83. The molecule has 0 saturated carbocycles. The van der Waals surface area contributed by atoms with E-state index >= 15 is 0 Å². The molecule has 0 fully saturated rings. The van der Waals surface area contributed by atoms with E-state index in [1.165, 1.54) is 44.9 Å². The topological polar surface area (TPSA) is 6.48 Å². The lowest BCUT2D eigenvalue weighted by molar-refractivity contribution is 0.763. The Morgan fingerprint density at radius 3 is 2.41 bits per heavy atom. The molecule has 4 aliphatic rings. The average Bonchev–Trinajstić information content (AvgIpc) is 3.13. The average molecular weight is 597 g/mol. The highest BCUT2D eigenvalue weighted by Crippen LogP contribution is 2.39. The van der Waals surface area contributed by atoms with Crippen LogP contribution in [-0.4, -0.2) is 6.04 Å². The van der Waals surface area contributed by atoms with Gasteiger partial charge in [-0.25, -0.2) is 0 Å². The van der Waals surface area contributed by atoms with Gasteiger partial charge in [0.1, 0.15) is 0 Å². The Bertz CT molecular complexity index is 1850. The van der Waals surface area contributed by atoms with Crippen LogP contribution in [0.2, 0.25) is 0 Å². The van der Waals surface area contributed by atoms with Crippen molar-refractivity contribution in [3.63, 3.8) is 0 Å². The molecule has 2 unspecified atom stereocenters. The molecule has 3 aromatic carbocycles. The van der Waals surface area contributed by atoms with E-state index in [0.717, 1.165) is 31.4 Å². The largest absolute Gasteiger partial charge is 0.341 e. The number of rotatable bonds is 9. The Kier molecular flexibility index (Phi) is 8.78. The van der Waals surface area contributed by atoms with Gasteiger partial charge in [-0.05, 0) is 96.0 Å². The first kappa shape index (κ1) is 29.4. The molecule has 226 valence electrons. The van der Waals surface area contributed by atoms with Crippen molar-refractivity contribution >= 4 is 28.7 Å². The molecule has 0 aromatic heterocycles. The SMILES string of the molecule is C=C/C=C\C=C\N(c1cccc2c1CCC=C2)C1C=CC(c2ccc(N(C3=C4C=CC=CC4CC=C3)c3ccccc3)cc2)=CC1. The molecule has 0 aliphatic heterocycles. The van der Waals surface area contributed by atoms with Crippen LogP contribution in [0, 0.1) is 5.92 Å². The molecule has 2 nitrogen and oxygen atoms in total. The fraction of sp³-hybridized carbons (Fsp3) is 0.136. The van der Waals surface area contributed by atoms with Crippen LogP contribution in [0.4, 0.5) is 17.1 Å². The van der Waals surface area contributed by atoms with Gasteiger partial charge in [0.05, 0.1) is 6.04 Å². The van der Waals surface area contributed by atoms with E-state index in [1.807, 2.05) is 18.2 Å². The summed E-state index contributed by atoms with van der Waals surface area (Å²) in [5, 5.41) is 0. The molecule has 0 N–H and O–H groups in total. The maximum absolute atomic E-state index is 3.82. The molecule has 0 heterocycles. The second-order valence-corrected chi connectivity index (χ2v) is 12.0. The number of allylic oxidation sites excluding steroid dienone is 14. The lowest BCUT2D eigenvalue weighted by Crippen LogP contribution is -2.30. The maximum atomic E-state index is 3.82. The standard InChI is InChI=1S/C44H40N2/c1-2-3-4-12-33-45(43-23-13-17-36-15-8-10-21-41(36)43)38-29-25-34(26-30-38)35-27-31-40(32-28-35)46(39-19-6-5-7-20-39)44-24-14-18-37-16-9-11-22-42(37)44/h2-9,11-17,19-20,22-29,31-33,37-38H,1,10,18,21,30H2/b4-3-,33-12+. The van der Waals surface area contributed by atoms with Gasteiger partial charge in [-0.1, -0.05) is 128 Å². The van der Waals surface area contributed by atoms with Crippen molar-refractivity contribution in [2.24, 2.45) is 5.92 Å². The zero-order valence-corrected chi connectivity index (χ0v) is 26.3. The van der Waals surface area contributed by atoms with Crippen molar-refractivity contribution in [2.45, 2.75) is 31.7 Å². The third-order valence-electron chi connectivity index (χ3n) is 9.17. The van der Waals surface area contributed by atoms with E-state index in [1.54, 1.807) is 0 Å². The first-order valence-corrected chi connectivity index (χ1v) is 16.4. The van der Waals surface area contributed by atoms with Crippen LogP contribution in [0.5, 0.6) is 0 Å². The molecule has 0 spiro atoms. The molecule has 7 rings (SSSR count). The number of anilines is 3. The molecule has 2 atom stereocenters. The molecule has 0 bridgehead atoms. The van der Waals surface area contributed by atoms with Crippen molar-refractivity contribution in [3.8, 4) is 0 Å². The van der Waals surface area contributed by atoms with Gasteiger partial charge in [-0.15, -0.1) is 0 Å². The Morgan fingerprint density at radius 2 is 1.59 bits per heavy atom. The lowest BCUT2D eigenvalue weighted by Gasteiger charge is -2.33. The van der Waals surface area contributed by atoms with E-state index < -0.39 is 0 Å². The second kappa shape index (κ2) is 13.7. The molecule has 0 amide bonds. The molecular weight excluding hydrogens is 556 g/mol. The normalized spacial score (nSPS) is 19.8. The van der Waals surface area contributed by atoms with Crippen molar-refractivity contribution in [1.29, 1.82) is 0 Å². The summed E-state index contributed by atoms with van der Waals surface area (Å²) < 4.78 is 0. The van der Waals surface area contributed by atoms with E-state index in [9.17, 15) is 0 Å². The van der Waals surface area contributed by atoms with Gasteiger partial charge < -0.3 is 9.80 Å². The van der Waals surface area contributed by atoms with E-state index in [-0.39, 0.29) is 6.04 Å². The molecule has 0 saturated heterocycles. The Hall–Kier alpha value is -5.34. The van der Waals surface area contributed by atoms with Gasteiger partial charge in [0.2, 0.25) is 0 Å². The van der Waals surface area contributed by atoms with Gasteiger partial charge in [-0.3, -0.25) is 0 Å². The highest BCUT2D eigenvalue weighted by Gasteiger charge is 2.24. The Balaban J connectivity index is 1.16. The van der Waals surface area contributed by atoms with Crippen molar-refractivity contribution in [1.82, 2.24) is 0 Å². The van der Waals surface area contributed by atoms with E-state index in [0.29, 0.717) is 5.92 Å². The minimum absolute atomic E-state index is 0.236. The quantitative estimate of drug-likeness (QED) is 0.227. The number of benzene rings is 3. The van der Waals surface area contributed by atoms with Crippen LogP contribution in [0.25, 0.3) is 11.6 Å². The molecule has 2 heteroatoms. The van der Waals surface area contributed by atoms with Crippen LogP contribution < -0.4 is 9.80 Å². The predicted molar refractivity (Wildman–Crippen MR) is 198 cm³/mol. The zero-order chi connectivity index (χ0) is 31.1. The van der Waals surface area contributed by atoms with Crippen LogP contribution in [0.1, 0.15) is 36.0 Å². The first-order valence-electron chi connectivity index (χ1n) is 16.4. The monoisotopic (exact) mass is 596 g/mol. The number of nitrogens with zero attached hydrogens (tertiary/aromatic N) is 2. The van der Waals surface area contributed by atoms with Crippen molar-refractivity contribution in [2.75, 3.05) is 9.80 Å². The highest BCUT2D eigenvalue weighted by atomic mass is 15.2. The smallest absolute Gasteiger partial charge is 0.0554 e. The Morgan fingerprint density at radius 1 is 0.717 bits per heavy atom. The lowest BCUT2D eigenvalue weighted by atomic mass is 9.86. The fourth-order valence-electron chi connectivity index (χ4n) is 6.88. The number of hydrogen-bond acceptors (Lipinski definition) is 2. The van der Waals surface area contributed by atoms with E-state index in [4.69, 9.17) is 0 Å². The van der Waals surface area contributed by atoms with Crippen LogP contribution >= 0.6 is 0 Å².